The summed E-state index contributed by atoms with van der Waals surface area (Å²) in [6, 6.07) is 0. The van der Waals surface area contributed by atoms with Crippen molar-refractivity contribution in [2.24, 2.45) is 0 Å². The number of halogens is 3. The van der Waals surface area contributed by atoms with E-state index in [4.69, 9.17) is 11.6 Å². The minimum atomic E-state index is -2.44. The molecule has 54 valence electrons. The molecule has 0 spiro atoms. The average Bonchev–Trinajstić information content (AvgIpc) is 1.62. The molecule has 0 N–H and O–H groups in total. The van der Waals surface area contributed by atoms with Crippen molar-refractivity contribution in [1.82, 2.24) is 4.90 Å². The second-order valence-electron chi connectivity index (χ2n) is 2.26. The molecule has 1 aliphatic heterocycles. The first kappa shape index (κ1) is 7.22. The van der Waals surface area contributed by atoms with Crippen LogP contribution in [0.25, 0.3) is 0 Å². The van der Waals surface area contributed by atoms with E-state index in [1.807, 2.05) is 0 Å². The summed E-state index contributed by atoms with van der Waals surface area (Å²) in [4.78, 5) is 1.63. The third-order valence-electron chi connectivity index (χ3n) is 1.31. The summed E-state index contributed by atoms with van der Waals surface area (Å²) in [6.07, 6.45) is 0. The van der Waals surface area contributed by atoms with Crippen LogP contribution in [0.5, 0.6) is 0 Å². The van der Waals surface area contributed by atoms with Crippen molar-refractivity contribution in [3.8, 4) is 0 Å². The van der Waals surface area contributed by atoms with Gasteiger partial charge in [-0.05, 0) is 0 Å². The van der Waals surface area contributed by atoms with Crippen molar-refractivity contribution in [1.29, 1.82) is 0 Å². The van der Waals surface area contributed by atoms with Crippen LogP contribution >= 0.6 is 11.6 Å². The monoisotopic (exact) mass is 155 g/mol. The molecule has 1 rings (SSSR count). The molecular weight excluding hydrogens is 148 g/mol. The number of likely N-dealkylation sites (tertiary alicyclic amines) is 1. The van der Waals surface area contributed by atoms with Crippen molar-refractivity contribution in [3.05, 3.63) is 0 Å². The van der Waals surface area contributed by atoms with Gasteiger partial charge in [0, 0.05) is 12.4 Å². The van der Waals surface area contributed by atoms with Crippen molar-refractivity contribution in [2.45, 2.75) is 5.92 Å². The highest BCUT2D eigenvalue weighted by atomic mass is 35.5. The van der Waals surface area contributed by atoms with E-state index in [9.17, 15) is 8.78 Å². The van der Waals surface area contributed by atoms with Crippen LogP contribution in [0.3, 0.4) is 0 Å². The maximum Gasteiger partial charge on any atom is 0.272 e. The molecule has 0 aromatic carbocycles. The molecule has 0 aromatic heterocycles. The molecule has 0 bridgehead atoms. The predicted molar refractivity (Wildman–Crippen MR) is 32.1 cm³/mol. The number of nitrogens with zero attached hydrogens (tertiary/aromatic N) is 1. The first-order valence-electron chi connectivity index (χ1n) is 2.80. The van der Waals surface area contributed by atoms with E-state index in [2.05, 4.69) is 0 Å². The summed E-state index contributed by atoms with van der Waals surface area (Å²) in [6.45, 7) is 0.358. The Kier molecular flexibility index (Phi) is 1.91. The normalized spacial score (nSPS) is 25.7. The summed E-state index contributed by atoms with van der Waals surface area (Å²) in [5.41, 5.74) is 0. The SMILES string of the molecule is FC1(F)CN(CCCl)C1. The molecule has 1 fully saturated rings. The Hall–Kier alpha value is 0.110. The molecule has 0 radical (unpaired) electrons. The maximum absolute atomic E-state index is 12.0. The highest BCUT2D eigenvalue weighted by molar-refractivity contribution is 6.18. The standard InChI is InChI=1S/C5H8ClF2N/c6-1-2-9-3-5(7,8)4-9/h1-4H2. The van der Waals surface area contributed by atoms with Gasteiger partial charge in [-0.15, -0.1) is 11.6 Å². The zero-order valence-corrected chi connectivity index (χ0v) is 5.67. The van der Waals surface area contributed by atoms with Gasteiger partial charge in [0.15, 0.2) is 0 Å². The summed E-state index contributed by atoms with van der Waals surface area (Å²) in [5, 5.41) is 0. The van der Waals surface area contributed by atoms with Gasteiger partial charge >= 0.3 is 0 Å². The van der Waals surface area contributed by atoms with Gasteiger partial charge in [0.2, 0.25) is 0 Å². The van der Waals surface area contributed by atoms with Gasteiger partial charge in [0.1, 0.15) is 0 Å². The molecule has 1 heterocycles. The first-order valence-corrected chi connectivity index (χ1v) is 3.34. The van der Waals surface area contributed by atoms with E-state index in [1.54, 1.807) is 4.90 Å². The lowest BCUT2D eigenvalue weighted by molar-refractivity contribution is -0.128. The lowest BCUT2D eigenvalue weighted by Crippen LogP contribution is -2.56. The third-order valence-corrected chi connectivity index (χ3v) is 1.48. The van der Waals surface area contributed by atoms with E-state index in [0.717, 1.165) is 0 Å². The van der Waals surface area contributed by atoms with Crippen LogP contribution in [-0.2, 0) is 0 Å². The van der Waals surface area contributed by atoms with Gasteiger partial charge in [-0.1, -0.05) is 0 Å². The van der Waals surface area contributed by atoms with Crippen molar-refractivity contribution in [3.63, 3.8) is 0 Å². The highest BCUT2D eigenvalue weighted by Crippen LogP contribution is 2.25. The van der Waals surface area contributed by atoms with Crippen LogP contribution in [0.1, 0.15) is 0 Å². The van der Waals surface area contributed by atoms with Crippen LogP contribution in [-0.4, -0.2) is 36.3 Å². The summed E-state index contributed by atoms with van der Waals surface area (Å²) in [7, 11) is 0. The molecule has 1 saturated heterocycles. The van der Waals surface area contributed by atoms with Gasteiger partial charge in [-0.3, -0.25) is 4.90 Å². The molecule has 0 aliphatic carbocycles. The Labute approximate surface area is 57.6 Å². The molecule has 0 unspecified atom stereocenters. The number of hydrogen-bond acceptors (Lipinski definition) is 1. The van der Waals surface area contributed by atoms with Crippen LogP contribution in [0.4, 0.5) is 8.78 Å². The summed E-state index contributed by atoms with van der Waals surface area (Å²) in [5.74, 6) is -2.00. The van der Waals surface area contributed by atoms with Gasteiger partial charge in [0.25, 0.3) is 5.92 Å². The Balaban J connectivity index is 2.12. The molecule has 9 heavy (non-hydrogen) atoms. The highest BCUT2D eigenvalue weighted by Gasteiger charge is 2.42. The number of rotatable bonds is 2. The first-order chi connectivity index (χ1) is 4.14. The summed E-state index contributed by atoms with van der Waals surface area (Å²) < 4.78 is 24.1. The van der Waals surface area contributed by atoms with Crippen molar-refractivity contribution < 1.29 is 8.78 Å². The quantitative estimate of drug-likeness (QED) is 0.542. The van der Waals surface area contributed by atoms with Crippen LogP contribution in [0, 0.1) is 0 Å². The largest absolute Gasteiger partial charge is 0.290 e. The Morgan fingerprint density at radius 3 is 2.33 bits per heavy atom. The zero-order valence-electron chi connectivity index (χ0n) is 4.91. The zero-order chi connectivity index (χ0) is 6.91. The Morgan fingerprint density at radius 2 is 2.00 bits per heavy atom. The maximum atomic E-state index is 12.0. The van der Waals surface area contributed by atoms with Gasteiger partial charge < -0.3 is 0 Å². The van der Waals surface area contributed by atoms with Gasteiger partial charge in [-0.25, -0.2) is 8.78 Å². The van der Waals surface area contributed by atoms with E-state index in [0.29, 0.717) is 12.4 Å². The molecule has 4 heteroatoms. The number of hydrogen-bond donors (Lipinski definition) is 0. The van der Waals surface area contributed by atoms with E-state index < -0.39 is 5.92 Å². The van der Waals surface area contributed by atoms with Gasteiger partial charge in [-0.2, -0.15) is 0 Å². The van der Waals surface area contributed by atoms with Crippen LogP contribution < -0.4 is 0 Å². The summed E-state index contributed by atoms with van der Waals surface area (Å²) >= 11 is 5.32. The van der Waals surface area contributed by atoms with Crippen LogP contribution in [0.2, 0.25) is 0 Å². The fourth-order valence-electron chi connectivity index (χ4n) is 0.886. The smallest absolute Gasteiger partial charge is 0.272 e. The van der Waals surface area contributed by atoms with Crippen molar-refractivity contribution >= 4 is 11.6 Å². The second kappa shape index (κ2) is 2.39. The van der Waals surface area contributed by atoms with Crippen LogP contribution in [0.15, 0.2) is 0 Å². The van der Waals surface area contributed by atoms with E-state index in [1.165, 1.54) is 0 Å². The Bertz CT molecular complexity index is 99.1. The molecule has 0 aromatic rings. The lowest BCUT2D eigenvalue weighted by Gasteiger charge is -2.38. The van der Waals surface area contributed by atoms with E-state index in [-0.39, 0.29) is 13.1 Å². The fraction of sp³-hybridized carbons (Fsp3) is 1.00. The number of alkyl halides is 3. The average molecular weight is 156 g/mol. The minimum Gasteiger partial charge on any atom is -0.290 e. The molecule has 0 saturated carbocycles. The predicted octanol–water partition coefficient (Wildman–Crippen LogP) is 1.18. The molecule has 1 aliphatic rings. The molecule has 0 atom stereocenters. The molecule has 0 amide bonds. The fourth-order valence-corrected chi connectivity index (χ4v) is 1.12. The molecular formula is C5H8ClF2N. The minimum absolute atomic E-state index is 0.111. The second-order valence-corrected chi connectivity index (χ2v) is 2.63. The van der Waals surface area contributed by atoms with Crippen molar-refractivity contribution in [2.75, 3.05) is 25.5 Å². The Morgan fingerprint density at radius 1 is 1.44 bits per heavy atom. The van der Waals surface area contributed by atoms with Gasteiger partial charge in [0.05, 0.1) is 13.1 Å². The lowest BCUT2D eigenvalue weighted by atomic mass is 10.1. The third kappa shape index (κ3) is 1.76. The molecule has 1 nitrogen and oxygen atoms in total. The topological polar surface area (TPSA) is 3.24 Å². The van der Waals surface area contributed by atoms with E-state index >= 15 is 0 Å².